The summed E-state index contributed by atoms with van der Waals surface area (Å²) in [5.74, 6) is -0.544. The second kappa shape index (κ2) is 66.9. The second-order valence-corrected chi connectivity index (χ2v) is 30.9. The molecular formula is C75H146O17P2. The van der Waals surface area contributed by atoms with E-state index in [1.807, 2.05) is 0 Å². The Morgan fingerprint density at radius 1 is 0.287 bits per heavy atom. The van der Waals surface area contributed by atoms with Crippen LogP contribution in [-0.2, 0) is 65.4 Å². The molecule has 0 amide bonds. The fourth-order valence-electron chi connectivity index (χ4n) is 11.5. The lowest BCUT2D eigenvalue weighted by Crippen LogP contribution is -2.30. The van der Waals surface area contributed by atoms with E-state index in [1.54, 1.807) is 0 Å². The van der Waals surface area contributed by atoms with Crippen LogP contribution < -0.4 is 0 Å². The predicted octanol–water partition coefficient (Wildman–Crippen LogP) is 21.9. The predicted molar refractivity (Wildman–Crippen MR) is 381 cm³/mol. The summed E-state index contributed by atoms with van der Waals surface area (Å²) in [5, 5.41) is 10.6. The average molecular weight is 1380 g/mol. The molecule has 0 rings (SSSR count). The van der Waals surface area contributed by atoms with Gasteiger partial charge in [0, 0.05) is 25.7 Å². The standard InChI is InChI=1S/C75H146O17P2/c1-7-9-11-13-15-17-18-19-24-29-35-41-47-53-59-74(79)91-70(63-85-72(77)57-51-45-39-16-14-12-10-8-2)65-89-93(81,82)87-61-69(76)62-88-94(83,84)90-66-71(64-86-73(78)58-52-46-40-34-31-26-28-33-38-44-50-56-68(5)6)92-75(80)60-54-48-42-36-30-25-22-20-21-23-27-32-37-43-49-55-67(3)4/h67-71,76H,7-66H2,1-6H3,(H,81,82)(H,83,84)/t69-,70+,71+/m0/s1. The molecule has 17 nitrogen and oxygen atoms in total. The van der Waals surface area contributed by atoms with Gasteiger partial charge in [0.1, 0.15) is 19.3 Å². The Balaban J connectivity index is 5.21. The highest BCUT2D eigenvalue weighted by Gasteiger charge is 2.30. The number of aliphatic hydroxyl groups excluding tert-OH is 1. The molecule has 0 aliphatic heterocycles. The molecule has 0 aromatic carbocycles. The molecule has 0 aliphatic rings. The van der Waals surface area contributed by atoms with Crippen molar-refractivity contribution >= 4 is 39.5 Å². The summed E-state index contributed by atoms with van der Waals surface area (Å²) in [6.07, 6.45) is 54.1. The minimum absolute atomic E-state index is 0.108. The Morgan fingerprint density at radius 2 is 0.489 bits per heavy atom. The first kappa shape index (κ1) is 92.1. The summed E-state index contributed by atoms with van der Waals surface area (Å²) in [7, 11) is -9.91. The van der Waals surface area contributed by atoms with Gasteiger partial charge in [-0.25, -0.2) is 9.13 Å². The number of hydrogen-bond acceptors (Lipinski definition) is 15. The van der Waals surface area contributed by atoms with Gasteiger partial charge in [0.2, 0.25) is 0 Å². The fourth-order valence-corrected chi connectivity index (χ4v) is 13.1. The molecular weight excluding hydrogens is 1230 g/mol. The van der Waals surface area contributed by atoms with E-state index in [9.17, 15) is 43.2 Å². The van der Waals surface area contributed by atoms with Crippen molar-refractivity contribution < 1.29 is 80.2 Å². The molecule has 0 aromatic heterocycles. The smallest absolute Gasteiger partial charge is 0.462 e. The summed E-state index contributed by atoms with van der Waals surface area (Å²) in [6, 6.07) is 0. The third-order valence-corrected chi connectivity index (χ3v) is 19.4. The molecule has 558 valence electrons. The SMILES string of the molecule is CCCCCCCCCCCCCCCCC(=O)O[C@H](COC(=O)CCCCCCCCCC)COP(=O)(O)OC[C@H](O)COP(=O)(O)OC[C@@H](COC(=O)CCCCCCCCCCCCCC(C)C)OC(=O)CCCCCCCCCCCCCCCCCC(C)C. The van der Waals surface area contributed by atoms with Crippen molar-refractivity contribution in [2.75, 3.05) is 39.6 Å². The van der Waals surface area contributed by atoms with Crippen LogP contribution in [0.15, 0.2) is 0 Å². The molecule has 94 heavy (non-hydrogen) atoms. The summed E-state index contributed by atoms with van der Waals surface area (Å²) >= 11 is 0. The zero-order valence-electron chi connectivity index (χ0n) is 61.3. The first-order valence-electron chi connectivity index (χ1n) is 39.0. The van der Waals surface area contributed by atoms with Crippen molar-refractivity contribution in [3.8, 4) is 0 Å². The Morgan fingerprint density at radius 3 is 0.723 bits per heavy atom. The van der Waals surface area contributed by atoms with Gasteiger partial charge in [-0.2, -0.15) is 0 Å². The topological polar surface area (TPSA) is 237 Å². The number of carbonyl (C=O) groups excluding carboxylic acids is 4. The van der Waals surface area contributed by atoms with Crippen molar-refractivity contribution in [1.29, 1.82) is 0 Å². The van der Waals surface area contributed by atoms with Gasteiger partial charge in [-0.05, 0) is 37.5 Å². The van der Waals surface area contributed by atoms with Crippen LogP contribution in [0.4, 0.5) is 0 Å². The lowest BCUT2D eigenvalue weighted by Gasteiger charge is -2.21. The zero-order valence-corrected chi connectivity index (χ0v) is 63.1. The number of unbranched alkanes of at least 4 members (excludes halogenated alkanes) is 44. The number of rotatable bonds is 74. The minimum atomic E-state index is -4.96. The van der Waals surface area contributed by atoms with E-state index in [2.05, 4.69) is 41.5 Å². The fraction of sp³-hybridized carbons (Fsp3) is 0.947. The molecule has 0 saturated carbocycles. The zero-order chi connectivity index (χ0) is 69.3. The Hall–Kier alpha value is -1.94. The van der Waals surface area contributed by atoms with E-state index in [0.29, 0.717) is 25.7 Å². The molecule has 0 saturated heterocycles. The van der Waals surface area contributed by atoms with Crippen LogP contribution in [0.3, 0.4) is 0 Å². The number of aliphatic hydroxyl groups is 1. The molecule has 0 aromatic rings. The largest absolute Gasteiger partial charge is 0.472 e. The van der Waals surface area contributed by atoms with E-state index < -0.39 is 97.5 Å². The molecule has 2 unspecified atom stereocenters. The number of hydrogen-bond donors (Lipinski definition) is 3. The van der Waals surface area contributed by atoms with Crippen molar-refractivity contribution in [3.05, 3.63) is 0 Å². The third kappa shape index (κ3) is 68.6. The average Bonchev–Trinajstić information content (AvgIpc) is 1.95. The molecule has 19 heteroatoms. The van der Waals surface area contributed by atoms with Gasteiger partial charge in [-0.3, -0.25) is 37.3 Å². The normalized spacial score (nSPS) is 14.0. The highest BCUT2D eigenvalue weighted by Crippen LogP contribution is 2.45. The number of ether oxygens (including phenoxy) is 4. The molecule has 0 aliphatic carbocycles. The number of carbonyl (C=O) groups is 4. The van der Waals surface area contributed by atoms with Crippen LogP contribution in [0.25, 0.3) is 0 Å². The van der Waals surface area contributed by atoms with Gasteiger partial charge >= 0.3 is 39.5 Å². The van der Waals surface area contributed by atoms with E-state index in [-0.39, 0.29) is 25.7 Å². The number of phosphoric acid groups is 2. The van der Waals surface area contributed by atoms with Crippen LogP contribution in [0, 0.1) is 11.8 Å². The van der Waals surface area contributed by atoms with E-state index in [4.69, 9.17) is 37.0 Å². The van der Waals surface area contributed by atoms with Gasteiger partial charge in [-0.15, -0.1) is 0 Å². The lowest BCUT2D eigenvalue weighted by atomic mass is 10.0. The van der Waals surface area contributed by atoms with Crippen molar-refractivity contribution in [2.45, 2.75) is 407 Å². The van der Waals surface area contributed by atoms with Gasteiger partial charge in [-0.1, -0.05) is 337 Å². The summed E-state index contributed by atoms with van der Waals surface area (Å²) in [4.78, 5) is 72.7. The van der Waals surface area contributed by atoms with Crippen molar-refractivity contribution in [1.82, 2.24) is 0 Å². The lowest BCUT2D eigenvalue weighted by molar-refractivity contribution is -0.161. The minimum Gasteiger partial charge on any atom is -0.462 e. The van der Waals surface area contributed by atoms with Gasteiger partial charge in [0.25, 0.3) is 0 Å². The maximum Gasteiger partial charge on any atom is 0.472 e. The molecule has 0 heterocycles. The summed E-state index contributed by atoms with van der Waals surface area (Å²) in [5.41, 5.74) is 0. The summed E-state index contributed by atoms with van der Waals surface area (Å²) in [6.45, 7) is 9.60. The van der Waals surface area contributed by atoms with Crippen LogP contribution in [0.2, 0.25) is 0 Å². The van der Waals surface area contributed by atoms with Crippen LogP contribution in [0.1, 0.15) is 388 Å². The Labute approximate surface area is 575 Å². The molecule has 3 N–H and O–H groups in total. The summed E-state index contributed by atoms with van der Waals surface area (Å²) < 4.78 is 68.4. The van der Waals surface area contributed by atoms with Crippen LogP contribution >= 0.6 is 15.6 Å². The quantitative estimate of drug-likeness (QED) is 0.0222. The van der Waals surface area contributed by atoms with Crippen LogP contribution in [-0.4, -0.2) is 96.7 Å². The Bertz CT molecular complexity index is 1820. The monoisotopic (exact) mass is 1380 g/mol. The maximum absolute atomic E-state index is 13.1. The van der Waals surface area contributed by atoms with E-state index in [0.717, 1.165) is 108 Å². The molecule has 0 radical (unpaired) electrons. The first-order valence-corrected chi connectivity index (χ1v) is 42.0. The van der Waals surface area contributed by atoms with Gasteiger partial charge in [0.15, 0.2) is 12.2 Å². The Kier molecular flexibility index (Phi) is 65.5. The maximum atomic E-state index is 13.1. The van der Waals surface area contributed by atoms with Crippen LogP contribution in [0.5, 0.6) is 0 Å². The van der Waals surface area contributed by atoms with Crippen molar-refractivity contribution in [2.24, 2.45) is 11.8 Å². The van der Waals surface area contributed by atoms with Crippen molar-refractivity contribution in [3.63, 3.8) is 0 Å². The molecule has 0 fully saturated rings. The third-order valence-electron chi connectivity index (χ3n) is 17.5. The molecule has 0 bridgehead atoms. The molecule has 0 spiro atoms. The first-order chi connectivity index (χ1) is 45.4. The van der Waals surface area contributed by atoms with E-state index >= 15 is 0 Å². The second-order valence-electron chi connectivity index (χ2n) is 28.0. The van der Waals surface area contributed by atoms with Gasteiger partial charge < -0.3 is 33.8 Å². The number of phosphoric ester groups is 2. The highest BCUT2D eigenvalue weighted by molar-refractivity contribution is 7.47. The highest BCUT2D eigenvalue weighted by atomic mass is 31.2. The number of esters is 4. The van der Waals surface area contributed by atoms with Gasteiger partial charge in [0.05, 0.1) is 26.4 Å². The van der Waals surface area contributed by atoms with E-state index in [1.165, 1.54) is 199 Å². The molecule has 5 atom stereocenters.